The summed E-state index contributed by atoms with van der Waals surface area (Å²) in [5.74, 6) is 0.706. The van der Waals surface area contributed by atoms with E-state index < -0.39 is 0 Å². The van der Waals surface area contributed by atoms with Crippen LogP contribution in [0, 0.1) is 0 Å². The van der Waals surface area contributed by atoms with Crippen LogP contribution >= 0.6 is 0 Å². The largest absolute Gasteiger partial charge is 0.228 e. The summed E-state index contributed by atoms with van der Waals surface area (Å²) in [5, 5.41) is 5.09. The van der Waals surface area contributed by atoms with Crippen molar-refractivity contribution in [3.05, 3.63) is 206 Å². The van der Waals surface area contributed by atoms with Crippen molar-refractivity contribution in [2.75, 3.05) is 0 Å². The van der Waals surface area contributed by atoms with Crippen molar-refractivity contribution < 1.29 is 0 Å². The molecule has 56 heavy (non-hydrogen) atoms. The molecule has 0 amide bonds. The lowest BCUT2D eigenvalue weighted by Gasteiger charge is -2.16. The maximum atomic E-state index is 5.08. The second kappa shape index (κ2) is 13.2. The van der Waals surface area contributed by atoms with E-state index in [0.717, 1.165) is 33.6 Å². The Morgan fingerprint density at radius 3 is 1.43 bits per heavy atom. The Morgan fingerprint density at radius 1 is 0.268 bits per heavy atom. The highest BCUT2D eigenvalue weighted by Crippen LogP contribution is 2.49. The topological polar surface area (TPSA) is 25.8 Å². The highest BCUT2D eigenvalue weighted by molar-refractivity contribution is 6.18. The van der Waals surface area contributed by atoms with Crippen LogP contribution in [0.15, 0.2) is 206 Å². The number of nitrogens with zero attached hydrogens (tertiary/aromatic N) is 2. The van der Waals surface area contributed by atoms with Crippen LogP contribution in [-0.4, -0.2) is 9.97 Å². The van der Waals surface area contributed by atoms with Crippen LogP contribution in [0.4, 0.5) is 0 Å². The molecule has 0 aliphatic heterocycles. The van der Waals surface area contributed by atoms with Gasteiger partial charge in [0.15, 0.2) is 5.82 Å². The summed E-state index contributed by atoms with van der Waals surface area (Å²) in [5.41, 5.74) is 17.4. The first kappa shape index (κ1) is 32.0. The van der Waals surface area contributed by atoms with Gasteiger partial charge in [-0.2, -0.15) is 0 Å². The van der Waals surface area contributed by atoms with Crippen LogP contribution in [0.25, 0.3) is 111 Å². The molecule has 2 nitrogen and oxygen atoms in total. The van der Waals surface area contributed by atoms with Crippen LogP contribution in [0.5, 0.6) is 0 Å². The molecule has 2 heteroatoms. The second-order valence-corrected chi connectivity index (χ2v) is 14.5. The van der Waals surface area contributed by atoms with E-state index in [2.05, 4.69) is 194 Å². The molecule has 11 rings (SSSR count). The van der Waals surface area contributed by atoms with Gasteiger partial charge in [0.25, 0.3) is 0 Å². The van der Waals surface area contributed by atoms with E-state index in [-0.39, 0.29) is 0 Å². The molecule has 0 N–H and O–H groups in total. The Morgan fingerprint density at radius 2 is 0.750 bits per heavy atom. The molecule has 9 aromatic carbocycles. The van der Waals surface area contributed by atoms with E-state index in [1.54, 1.807) is 0 Å². The first-order valence-electron chi connectivity index (χ1n) is 19.2. The van der Waals surface area contributed by atoms with Gasteiger partial charge in [-0.05, 0) is 83.2 Å². The van der Waals surface area contributed by atoms with Gasteiger partial charge in [-0.1, -0.05) is 200 Å². The molecule has 1 aliphatic carbocycles. The molecule has 0 spiro atoms. The number of rotatable bonds is 6. The third-order valence-electron chi connectivity index (χ3n) is 11.3. The zero-order valence-electron chi connectivity index (χ0n) is 30.5. The van der Waals surface area contributed by atoms with Crippen molar-refractivity contribution in [3.8, 4) is 89.5 Å². The summed E-state index contributed by atoms with van der Waals surface area (Å²) in [6.07, 6.45) is 0. The number of fused-ring (bicyclic) bond motifs is 4. The average molecular weight is 711 g/mol. The lowest BCUT2D eigenvalue weighted by atomic mass is 9.88. The van der Waals surface area contributed by atoms with Crippen molar-refractivity contribution in [2.45, 2.75) is 0 Å². The summed E-state index contributed by atoms with van der Waals surface area (Å²) >= 11 is 0. The molecule has 1 aromatic heterocycles. The molecule has 0 bridgehead atoms. The molecule has 1 heterocycles. The minimum Gasteiger partial charge on any atom is -0.228 e. The van der Waals surface area contributed by atoms with Crippen molar-refractivity contribution in [1.29, 1.82) is 0 Å². The summed E-state index contributed by atoms with van der Waals surface area (Å²) in [6.45, 7) is 0. The second-order valence-electron chi connectivity index (χ2n) is 14.5. The monoisotopic (exact) mass is 710 g/mol. The first-order valence-corrected chi connectivity index (χ1v) is 19.2. The molecule has 0 radical (unpaired) electrons. The van der Waals surface area contributed by atoms with Crippen LogP contribution in [-0.2, 0) is 0 Å². The summed E-state index contributed by atoms with van der Waals surface area (Å²) in [4.78, 5) is 10.2. The van der Waals surface area contributed by atoms with Gasteiger partial charge in [0, 0.05) is 16.7 Å². The average Bonchev–Trinajstić information content (AvgIpc) is 3.61. The van der Waals surface area contributed by atoms with Crippen molar-refractivity contribution in [2.24, 2.45) is 0 Å². The molecule has 0 unspecified atom stereocenters. The fraction of sp³-hybridized carbons (Fsp3) is 0. The van der Waals surface area contributed by atoms with E-state index >= 15 is 0 Å². The predicted molar refractivity (Wildman–Crippen MR) is 234 cm³/mol. The molecule has 10 aromatic rings. The molecule has 260 valence electrons. The van der Waals surface area contributed by atoms with Gasteiger partial charge < -0.3 is 0 Å². The number of hydrogen-bond acceptors (Lipinski definition) is 2. The van der Waals surface area contributed by atoms with Crippen molar-refractivity contribution in [1.82, 2.24) is 9.97 Å². The van der Waals surface area contributed by atoms with E-state index in [9.17, 15) is 0 Å². The lowest BCUT2D eigenvalue weighted by Crippen LogP contribution is -1.96. The van der Waals surface area contributed by atoms with Crippen LogP contribution < -0.4 is 0 Å². The smallest absolute Gasteiger partial charge is 0.160 e. The van der Waals surface area contributed by atoms with Crippen molar-refractivity contribution >= 4 is 21.5 Å². The Hall–Kier alpha value is -7.42. The Bertz CT molecular complexity index is 3010. The van der Waals surface area contributed by atoms with E-state index in [4.69, 9.17) is 9.97 Å². The highest BCUT2D eigenvalue weighted by Gasteiger charge is 2.22. The Kier molecular flexibility index (Phi) is 7.53. The maximum absolute atomic E-state index is 5.08. The lowest BCUT2D eigenvalue weighted by molar-refractivity contribution is 1.18. The molecular formula is C54H34N2. The van der Waals surface area contributed by atoms with Gasteiger partial charge in [-0.25, -0.2) is 9.97 Å². The van der Waals surface area contributed by atoms with Gasteiger partial charge in [0.05, 0.1) is 11.4 Å². The summed E-state index contributed by atoms with van der Waals surface area (Å²) in [6, 6.07) is 73.9. The van der Waals surface area contributed by atoms with Gasteiger partial charge in [0.2, 0.25) is 0 Å². The summed E-state index contributed by atoms with van der Waals surface area (Å²) in [7, 11) is 0. The molecule has 1 aliphatic rings. The standard InChI is InChI=1S/C54H34N2/c1-3-13-38(14-4-1)50-34-51(39-15-5-2-6-16-39)56-54(55-50)41-28-26-40(27-29-41)52-43-17-8-7-12-35(43)30-31-44(52)37-24-22-36(23-25-37)42-32-33-49-46-19-10-9-18-45(46)48-21-11-20-47(42)53(48)49/h1-34H. The van der Waals surface area contributed by atoms with Crippen LogP contribution in [0.1, 0.15) is 0 Å². The zero-order valence-corrected chi connectivity index (χ0v) is 30.5. The highest BCUT2D eigenvalue weighted by atomic mass is 14.9. The molecular weight excluding hydrogens is 677 g/mol. The first-order chi connectivity index (χ1) is 27.8. The van der Waals surface area contributed by atoms with E-state index in [1.165, 1.54) is 71.6 Å². The van der Waals surface area contributed by atoms with Gasteiger partial charge in [-0.3, -0.25) is 0 Å². The summed E-state index contributed by atoms with van der Waals surface area (Å²) < 4.78 is 0. The maximum Gasteiger partial charge on any atom is 0.160 e. The normalized spacial score (nSPS) is 11.6. The fourth-order valence-corrected chi connectivity index (χ4v) is 8.59. The number of benzene rings is 9. The van der Waals surface area contributed by atoms with Crippen molar-refractivity contribution in [3.63, 3.8) is 0 Å². The number of aromatic nitrogens is 2. The minimum atomic E-state index is 0.706. The van der Waals surface area contributed by atoms with Crippen LogP contribution in [0.2, 0.25) is 0 Å². The van der Waals surface area contributed by atoms with Crippen LogP contribution in [0.3, 0.4) is 0 Å². The molecule has 0 atom stereocenters. The Labute approximate surface area is 326 Å². The zero-order chi connectivity index (χ0) is 37.0. The third-order valence-corrected chi connectivity index (χ3v) is 11.3. The quantitative estimate of drug-likeness (QED) is 0.172. The molecule has 0 saturated heterocycles. The Balaban J connectivity index is 0.991. The third kappa shape index (κ3) is 5.34. The van der Waals surface area contributed by atoms with E-state index in [1.807, 2.05) is 12.1 Å². The number of hydrogen-bond donors (Lipinski definition) is 0. The molecule has 0 saturated carbocycles. The van der Waals surface area contributed by atoms with Gasteiger partial charge >= 0.3 is 0 Å². The van der Waals surface area contributed by atoms with E-state index in [0.29, 0.717) is 5.82 Å². The fourth-order valence-electron chi connectivity index (χ4n) is 8.59. The SMILES string of the molecule is c1ccc(-c2cc(-c3ccccc3)nc(-c3ccc(-c4c(-c5ccc(-c6ccc7c8c(cccc68)-c6ccccc6-7)cc5)ccc5ccccc45)cc3)n2)cc1. The van der Waals surface area contributed by atoms with Gasteiger partial charge in [0.1, 0.15) is 0 Å². The van der Waals surface area contributed by atoms with Gasteiger partial charge in [-0.15, -0.1) is 0 Å². The molecule has 0 fully saturated rings. The predicted octanol–water partition coefficient (Wildman–Crippen LogP) is 14.4. The minimum absolute atomic E-state index is 0.706.